The van der Waals surface area contributed by atoms with E-state index in [0.717, 1.165) is 0 Å². The molecule has 0 aliphatic carbocycles. The Morgan fingerprint density at radius 3 is 2.40 bits per heavy atom. The summed E-state index contributed by atoms with van der Waals surface area (Å²) in [6.07, 6.45) is -3.18. The lowest BCUT2D eigenvalue weighted by atomic mass is 9.99. The summed E-state index contributed by atoms with van der Waals surface area (Å²) in [6, 6.07) is 4.00. The predicted octanol–water partition coefficient (Wildman–Crippen LogP) is 1.70. The first kappa shape index (κ1) is 20.7. The Balaban J connectivity index is 2.70. The summed E-state index contributed by atoms with van der Waals surface area (Å²) < 4.78 is 10.2. The summed E-state index contributed by atoms with van der Waals surface area (Å²) in [7, 11) is 1.38. The van der Waals surface area contributed by atoms with Gasteiger partial charge in [0.2, 0.25) is 0 Å². The van der Waals surface area contributed by atoms with Gasteiger partial charge in [0.25, 0.3) is 0 Å². The summed E-state index contributed by atoms with van der Waals surface area (Å²) in [5, 5.41) is 31.9. The van der Waals surface area contributed by atoms with Crippen LogP contribution in [0.25, 0.3) is 0 Å². The molecule has 0 saturated heterocycles. The average molecular weight is 355 g/mol. The van der Waals surface area contributed by atoms with Crippen molar-refractivity contribution in [2.75, 3.05) is 13.7 Å². The van der Waals surface area contributed by atoms with Gasteiger partial charge in [-0.2, -0.15) is 0 Å². The maximum Gasteiger partial charge on any atom is 0.407 e. The molecule has 0 spiro atoms. The van der Waals surface area contributed by atoms with Gasteiger partial charge in [0.15, 0.2) is 0 Å². The van der Waals surface area contributed by atoms with Gasteiger partial charge in [-0.25, -0.2) is 9.59 Å². The van der Waals surface area contributed by atoms with Crippen molar-refractivity contribution < 1.29 is 34.4 Å². The SMILES string of the molecule is COc1ccc(C(=O)O)cc1C(O)C(O)CCNC(=O)OC(C)(C)C. The van der Waals surface area contributed by atoms with Gasteiger partial charge in [-0.3, -0.25) is 0 Å². The summed E-state index contributed by atoms with van der Waals surface area (Å²) in [5.41, 5.74) is -0.506. The second kappa shape index (κ2) is 8.68. The van der Waals surface area contributed by atoms with E-state index in [1.807, 2.05) is 0 Å². The number of rotatable bonds is 7. The smallest absolute Gasteiger partial charge is 0.407 e. The number of benzene rings is 1. The zero-order valence-corrected chi connectivity index (χ0v) is 14.8. The molecule has 0 aliphatic heterocycles. The number of hydrogen-bond donors (Lipinski definition) is 4. The van der Waals surface area contributed by atoms with Crippen molar-refractivity contribution in [3.05, 3.63) is 29.3 Å². The number of carbonyl (C=O) groups is 2. The molecule has 140 valence electrons. The molecule has 0 heterocycles. The lowest BCUT2D eigenvalue weighted by Gasteiger charge is -2.22. The molecule has 0 bridgehead atoms. The molecule has 0 radical (unpaired) electrons. The average Bonchev–Trinajstić information content (AvgIpc) is 2.51. The number of methoxy groups -OCH3 is 1. The van der Waals surface area contributed by atoms with Gasteiger partial charge in [-0.1, -0.05) is 0 Å². The van der Waals surface area contributed by atoms with Crippen molar-refractivity contribution in [1.82, 2.24) is 5.32 Å². The molecule has 4 N–H and O–H groups in total. The highest BCUT2D eigenvalue weighted by atomic mass is 16.6. The van der Waals surface area contributed by atoms with Gasteiger partial charge in [0.1, 0.15) is 17.5 Å². The summed E-state index contributed by atoms with van der Waals surface area (Å²) in [6.45, 7) is 5.26. The van der Waals surface area contributed by atoms with Crippen molar-refractivity contribution in [2.45, 2.75) is 45.0 Å². The van der Waals surface area contributed by atoms with E-state index in [-0.39, 0.29) is 29.8 Å². The Labute approximate surface area is 146 Å². The van der Waals surface area contributed by atoms with Gasteiger partial charge < -0.3 is 30.1 Å². The standard InChI is InChI=1S/C17H25NO7/c1-17(2,3)25-16(23)18-8-7-12(19)14(20)11-9-10(15(21)22)5-6-13(11)24-4/h5-6,9,12,14,19-20H,7-8H2,1-4H3,(H,18,23)(H,21,22). The molecular formula is C17H25NO7. The van der Waals surface area contributed by atoms with Crippen molar-refractivity contribution >= 4 is 12.1 Å². The number of amides is 1. The largest absolute Gasteiger partial charge is 0.496 e. The topological polar surface area (TPSA) is 125 Å². The van der Waals surface area contributed by atoms with Gasteiger partial charge in [0.05, 0.1) is 18.8 Å². The second-order valence-corrected chi connectivity index (χ2v) is 6.49. The highest BCUT2D eigenvalue weighted by molar-refractivity contribution is 5.88. The normalized spacial score (nSPS) is 13.7. The van der Waals surface area contributed by atoms with E-state index in [9.17, 15) is 19.8 Å². The molecule has 25 heavy (non-hydrogen) atoms. The Morgan fingerprint density at radius 1 is 1.24 bits per heavy atom. The molecule has 2 atom stereocenters. The van der Waals surface area contributed by atoms with Crippen LogP contribution in [0.4, 0.5) is 4.79 Å². The highest BCUT2D eigenvalue weighted by Gasteiger charge is 2.24. The number of ether oxygens (including phenoxy) is 2. The van der Waals surface area contributed by atoms with Crippen LogP contribution in [0.1, 0.15) is 49.2 Å². The number of carboxylic acids is 1. The van der Waals surface area contributed by atoms with Crippen molar-refractivity contribution in [1.29, 1.82) is 0 Å². The molecule has 8 heteroatoms. The van der Waals surface area contributed by atoms with Crippen LogP contribution < -0.4 is 10.1 Å². The first-order valence-corrected chi connectivity index (χ1v) is 7.79. The van der Waals surface area contributed by atoms with Crippen LogP contribution in [0.5, 0.6) is 5.75 Å². The fraction of sp³-hybridized carbons (Fsp3) is 0.529. The third kappa shape index (κ3) is 6.60. The number of alkyl carbamates (subject to hydrolysis) is 1. The number of nitrogens with one attached hydrogen (secondary N) is 1. The summed E-state index contributed by atoms with van der Waals surface area (Å²) >= 11 is 0. The van der Waals surface area contributed by atoms with Crippen LogP contribution in [-0.2, 0) is 4.74 Å². The molecule has 0 fully saturated rings. The van der Waals surface area contributed by atoms with Crippen LogP contribution in [0.15, 0.2) is 18.2 Å². The molecule has 1 rings (SSSR count). The number of carboxylic acid groups (broad SMARTS) is 1. The molecule has 8 nitrogen and oxygen atoms in total. The van der Waals surface area contributed by atoms with Crippen LogP contribution in [-0.4, -0.2) is 52.7 Å². The van der Waals surface area contributed by atoms with Gasteiger partial charge in [-0.05, 0) is 45.4 Å². The molecule has 0 saturated carbocycles. The summed E-state index contributed by atoms with van der Waals surface area (Å²) in [5.74, 6) is -0.895. The summed E-state index contributed by atoms with van der Waals surface area (Å²) in [4.78, 5) is 22.6. The molecule has 1 amide bonds. The molecule has 0 aromatic heterocycles. The zero-order chi connectivity index (χ0) is 19.2. The minimum absolute atomic E-state index is 0.0334. The van der Waals surface area contributed by atoms with E-state index >= 15 is 0 Å². The van der Waals surface area contributed by atoms with E-state index in [0.29, 0.717) is 0 Å². The number of carbonyl (C=O) groups excluding carboxylic acids is 1. The first-order chi connectivity index (χ1) is 11.5. The first-order valence-electron chi connectivity index (χ1n) is 7.79. The molecule has 1 aromatic rings. The van der Waals surface area contributed by atoms with Crippen LogP contribution in [0.3, 0.4) is 0 Å². The Kier molecular flexibility index (Phi) is 7.20. The minimum atomic E-state index is -1.37. The number of aromatic carboxylic acids is 1. The third-order valence-corrected chi connectivity index (χ3v) is 3.27. The Bertz CT molecular complexity index is 610. The number of aliphatic hydroxyl groups excluding tert-OH is 2. The van der Waals surface area contributed by atoms with E-state index in [1.165, 1.54) is 25.3 Å². The van der Waals surface area contributed by atoms with Crippen molar-refractivity contribution in [3.63, 3.8) is 0 Å². The van der Waals surface area contributed by atoms with E-state index in [2.05, 4.69) is 5.32 Å². The maximum absolute atomic E-state index is 11.5. The molecule has 1 aromatic carbocycles. The third-order valence-electron chi connectivity index (χ3n) is 3.27. The van der Waals surface area contributed by atoms with Gasteiger partial charge >= 0.3 is 12.1 Å². The quantitative estimate of drug-likeness (QED) is 0.586. The van der Waals surface area contributed by atoms with Gasteiger partial charge in [-0.15, -0.1) is 0 Å². The minimum Gasteiger partial charge on any atom is -0.496 e. The van der Waals surface area contributed by atoms with Crippen LogP contribution in [0, 0.1) is 0 Å². The van der Waals surface area contributed by atoms with E-state index in [1.54, 1.807) is 20.8 Å². The van der Waals surface area contributed by atoms with E-state index < -0.39 is 29.9 Å². The lowest BCUT2D eigenvalue weighted by Crippen LogP contribution is -2.34. The van der Waals surface area contributed by atoms with Gasteiger partial charge in [0, 0.05) is 12.1 Å². The zero-order valence-electron chi connectivity index (χ0n) is 14.8. The van der Waals surface area contributed by atoms with Crippen LogP contribution in [0.2, 0.25) is 0 Å². The second-order valence-electron chi connectivity index (χ2n) is 6.49. The van der Waals surface area contributed by atoms with E-state index in [4.69, 9.17) is 14.6 Å². The van der Waals surface area contributed by atoms with Crippen LogP contribution >= 0.6 is 0 Å². The van der Waals surface area contributed by atoms with Crippen molar-refractivity contribution in [2.24, 2.45) is 0 Å². The lowest BCUT2D eigenvalue weighted by molar-refractivity contribution is 0.0110. The maximum atomic E-state index is 11.5. The predicted molar refractivity (Wildman–Crippen MR) is 89.8 cm³/mol. The fourth-order valence-corrected chi connectivity index (χ4v) is 2.10. The number of hydrogen-bond acceptors (Lipinski definition) is 6. The Morgan fingerprint density at radius 2 is 1.88 bits per heavy atom. The Hall–Kier alpha value is -2.32. The molecule has 0 aliphatic rings. The molecule has 2 unspecified atom stereocenters. The molecular weight excluding hydrogens is 330 g/mol. The number of aliphatic hydroxyl groups is 2. The highest BCUT2D eigenvalue weighted by Crippen LogP contribution is 2.29. The monoisotopic (exact) mass is 355 g/mol. The fourth-order valence-electron chi connectivity index (χ4n) is 2.10. The van der Waals surface area contributed by atoms with Crippen molar-refractivity contribution in [3.8, 4) is 5.75 Å².